The third-order valence-corrected chi connectivity index (χ3v) is 9.56. The van der Waals surface area contributed by atoms with E-state index in [0.29, 0.717) is 18.3 Å². The molecular formula is C35H50O2. The molecule has 0 saturated heterocycles. The first kappa shape index (κ1) is 27.9. The molecule has 2 nitrogen and oxygen atoms in total. The molecule has 0 N–H and O–H groups in total. The Morgan fingerprint density at radius 3 is 2.16 bits per heavy atom. The maximum atomic E-state index is 13.8. The predicted molar refractivity (Wildman–Crippen MR) is 156 cm³/mol. The minimum Gasteiger partial charge on any atom is -0.426 e. The lowest BCUT2D eigenvalue weighted by molar-refractivity contribution is -0.139. The van der Waals surface area contributed by atoms with Gasteiger partial charge < -0.3 is 4.74 Å². The van der Waals surface area contributed by atoms with Crippen molar-refractivity contribution < 1.29 is 9.53 Å². The lowest BCUT2D eigenvalue weighted by Gasteiger charge is -2.55. The van der Waals surface area contributed by atoms with Crippen molar-refractivity contribution in [3.8, 4) is 5.75 Å². The van der Waals surface area contributed by atoms with E-state index in [1.54, 1.807) is 0 Å². The van der Waals surface area contributed by atoms with Crippen molar-refractivity contribution in [3.05, 3.63) is 64.2 Å². The molecule has 202 valence electrons. The standard InChI is InChI=1S/C35H50O2/c1-23(2)24-15-17-26-25(21-24)16-18-29-34(9,19-12-20-35(26,29)10)22-30(36)37-31-27(32(3,4)5)13-11-14-28(31)33(6,7)8/h11,13-15,17,21,23,29H,12,16,18-20,22H2,1-10H3/t29-,34-,35+/m0/s1. The molecule has 0 spiro atoms. The fraction of sp³-hybridized carbons (Fsp3) is 0.629. The Kier molecular flexibility index (Phi) is 7.23. The maximum absolute atomic E-state index is 13.8. The molecule has 2 aliphatic carbocycles. The molecule has 0 aliphatic heterocycles. The number of rotatable bonds is 4. The fourth-order valence-electron chi connectivity index (χ4n) is 7.52. The largest absolute Gasteiger partial charge is 0.426 e. The summed E-state index contributed by atoms with van der Waals surface area (Å²) < 4.78 is 6.38. The van der Waals surface area contributed by atoms with Gasteiger partial charge >= 0.3 is 5.97 Å². The molecule has 0 aromatic heterocycles. The van der Waals surface area contributed by atoms with Crippen molar-refractivity contribution in [2.75, 3.05) is 0 Å². The Morgan fingerprint density at radius 2 is 1.59 bits per heavy atom. The van der Waals surface area contributed by atoms with Gasteiger partial charge in [0.2, 0.25) is 0 Å². The zero-order valence-electron chi connectivity index (χ0n) is 25.2. The normalized spacial score (nSPS) is 26.0. The minimum atomic E-state index is -0.105. The number of hydrogen-bond acceptors (Lipinski definition) is 2. The second-order valence-electron chi connectivity index (χ2n) is 14.9. The van der Waals surface area contributed by atoms with Crippen LogP contribution in [0.4, 0.5) is 0 Å². The van der Waals surface area contributed by atoms with Gasteiger partial charge in [-0.2, -0.15) is 0 Å². The van der Waals surface area contributed by atoms with Crippen LogP contribution in [0.2, 0.25) is 0 Å². The number of carbonyl (C=O) groups is 1. The monoisotopic (exact) mass is 502 g/mol. The minimum absolute atomic E-state index is 0.0585. The van der Waals surface area contributed by atoms with Gasteiger partial charge in [0, 0.05) is 11.1 Å². The smallest absolute Gasteiger partial charge is 0.311 e. The Balaban J connectivity index is 1.64. The zero-order chi connectivity index (χ0) is 27.4. The van der Waals surface area contributed by atoms with Gasteiger partial charge in [-0.1, -0.05) is 112 Å². The Morgan fingerprint density at radius 1 is 0.973 bits per heavy atom. The summed E-state index contributed by atoms with van der Waals surface area (Å²) in [6, 6.07) is 13.6. The van der Waals surface area contributed by atoms with Crippen LogP contribution < -0.4 is 4.74 Å². The highest BCUT2D eigenvalue weighted by atomic mass is 16.5. The molecule has 0 unspecified atom stereocenters. The van der Waals surface area contributed by atoms with E-state index in [4.69, 9.17) is 4.74 Å². The second kappa shape index (κ2) is 9.58. The highest BCUT2D eigenvalue weighted by molar-refractivity contribution is 5.75. The van der Waals surface area contributed by atoms with Crippen LogP contribution in [0.1, 0.15) is 135 Å². The average molecular weight is 503 g/mol. The number of benzene rings is 2. The maximum Gasteiger partial charge on any atom is 0.311 e. The van der Waals surface area contributed by atoms with Crippen LogP contribution in [0.5, 0.6) is 5.75 Å². The summed E-state index contributed by atoms with van der Waals surface area (Å²) in [6.45, 7) is 22.6. The molecule has 0 radical (unpaired) electrons. The van der Waals surface area contributed by atoms with E-state index < -0.39 is 0 Å². The number of para-hydroxylation sites is 1. The molecule has 4 rings (SSSR count). The van der Waals surface area contributed by atoms with Gasteiger partial charge in [-0.3, -0.25) is 4.79 Å². The van der Waals surface area contributed by atoms with Crippen LogP contribution in [-0.4, -0.2) is 5.97 Å². The molecule has 0 heterocycles. The third-order valence-electron chi connectivity index (χ3n) is 9.56. The van der Waals surface area contributed by atoms with Gasteiger partial charge in [-0.05, 0) is 75.9 Å². The van der Waals surface area contributed by atoms with E-state index >= 15 is 0 Å². The Labute approximate surface area is 226 Å². The van der Waals surface area contributed by atoms with Crippen LogP contribution in [0.15, 0.2) is 36.4 Å². The van der Waals surface area contributed by atoms with Crippen LogP contribution in [0.3, 0.4) is 0 Å². The van der Waals surface area contributed by atoms with Crippen molar-refractivity contribution in [3.63, 3.8) is 0 Å². The fourth-order valence-corrected chi connectivity index (χ4v) is 7.52. The first-order valence-corrected chi connectivity index (χ1v) is 14.5. The van der Waals surface area contributed by atoms with Crippen LogP contribution in [0, 0.1) is 11.3 Å². The molecule has 2 aromatic rings. The number of ether oxygens (including phenoxy) is 1. The summed E-state index contributed by atoms with van der Waals surface area (Å²) in [5.74, 6) is 1.75. The number of esters is 1. The summed E-state index contributed by atoms with van der Waals surface area (Å²) in [4.78, 5) is 13.8. The van der Waals surface area contributed by atoms with Crippen molar-refractivity contribution in [2.45, 2.75) is 130 Å². The molecule has 2 aromatic carbocycles. The number of fused-ring (bicyclic) bond motifs is 3. The molecular weight excluding hydrogens is 452 g/mol. The quantitative estimate of drug-likeness (QED) is 0.307. The summed E-state index contributed by atoms with van der Waals surface area (Å²) in [7, 11) is 0. The second-order valence-corrected chi connectivity index (χ2v) is 14.9. The van der Waals surface area contributed by atoms with Crippen molar-refractivity contribution in [1.29, 1.82) is 0 Å². The molecule has 2 heteroatoms. The first-order valence-electron chi connectivity index (χ1n) is 14.5. The van der Waals surface area contributed by atoms with E-state index in [2.05, 4.69) is 106 Å². The lowest BCUT2D eigenvalue weighted by atomic mass is 9.49. The number of carbonyl (C=O) groups excluding carboxylic acids is 1. The third kappa shape index (κ3) is 5.27. The number of aryl methyl sites for hydroxylation is 1. The zero-order valence-corrected chi connectivity index (χ0v) is 25.2. The van der Waals surface area contributed by atoms with E-state index in [-0.39, 0.29) is 27.6 Å². The van der Waals surface area contributed by atoms with Crippen molar-refractivity contribution >= 4 is 5.97 Å². The molecule has 3 atom stereocenters. The SMILES string of the molecule is CC(C)c1ccc2c(c1)CC[C@H]1[C@](C)(CC(=O)Oc3c(C(C)(C)C)cccc3C(C)(C)C)CCC[C@]21C. The first-order chi connectivity index (χ1) is 17.1. The highest BCUT2D eigenvalue weighted by Crippen LogP contribution is 2.58. The van der Waals surface area contributed by atoms with Gasteiger partial charge in [0.15, 0.2) is 0 Å². The van der Waals surface area contributed by atoms with Gasteiger partial charge in [-0.25, -0.2) is 0 Å². The van der Waals surface area contributed by atoms with Crippen molar-refractivity contribution in [1.82, 2.24) is 0 Å². The van der Waals surface area contributed by atoms with Crippen molar-refractivity contribution in [2.24, 2.45) is 11.3 Å². The van der Waals surface area contributed by atoms with Crippen LogP contribution >= 0.6 is 0 Å². The van der Waals surface area contributed by atoms with Gasteiger partial charge in [0.25, 0.3) is 0 Å². The summed E-state index contributed by atoms with van der Waals surface area (Å²) in [6.07, 6.45) is 6.21. The molecule has 1 fully saturated rings. The van der Waals surface area contributed by atoms with E-state index in [9.17, 15) is 4.79 Å². The Bertz CT molecular complexity index is 1130. The number of hydrogen-bond donors (Lipinski definition) is 0. The van der Waals surface area contributed by atoms with Gasteiger partial charge in [-0.15, -0.1) is 0 Å². The summed E-state index contributed by atoms with van der Waals surface area (Å²) in [5, 5.41) is 0. The molecule has 37 heavy (non-hydrogen) atoms. The molecule has 0 bridgehead atoms. The highest BCUT2D eigenvalue weighted by Gasteiger charge is 2.52. The molecule has 0 amide bonds. The molecule has 2 aliphatic rings. The average Bonchev–Trinajstić information content (AvgIpc) is 2.77. The molecule has 1 saturated carbocycles. The predicted octanol–water partition coefficient (Wildman–Crippen LogP) is 9.41. The topological polar surface area (TPSA) is 26.3 Å². The summed E-state index contributed by atoms with van der Waals surface area (Å²) in [5.41, 5.74) is 6.58. The van der Waals surface area contributed by atoms with Crippen LogP contribution in [-0.2, 0) is 27.5 Å². The van der Waals surface area contributed by atoms with E-state index in [1.807, 2.05) is 0 Å². The van der Waals surface area contributed by atoms with E-state index in [1.165, 1.54) is 23.1 Å². The van der Waals surface area contributed by atoms with Gasteiger partial charge in [0.05, 0.1) is 6.42 Å². The van der Waals surface area contributed by atoms with E-state index in [0.717, 1.165) is 42.6 Å². The van der Waals surface area contributed by atoms with Gasteiger partial charge in [0.1, 0.15) is 5.75 Å². The lowest BCUT2D eigenvalue weighted by Crippen LogP contribution is -2.50. The summed E-state index contributed by atoms with van der Waals surface area (Å²) >= 11 is 0. The van der Waals surface area contributed by atoms with Crippen LogP contribution in [0.25, 0.3) is 0 Å². The Hall–Kier alpha value is -2.09.